The Hall–Kier alpha value is -3.00. The monoisotopic (exact) mass is 383 g/mol. The van der Waals surface area contributed by atoms with Crippen molar-refractivity contribution >= 4 is 23.4 Å². The molecule has 1 aromatic heterocycles. The number of carbonyl (C=O) groups is 1. The summed E-state index contributed by atoms with van der Waals surface area (Å²) in [4.78, 5) is 12.1. The lowest BCUT2D eigenvalue weighted by atomic mass is 10.2. The zero-order chi connectivity index (χ0) is 19.2. The van der Waals surface area contributed by atoms with Crippen molar-refractivity contribution in [2.24, 2.45) is 0 Å². The molecular weight excluding hydrogens is 362 g/mol. The van der Waals surface area contributed by atoms with Crippen LogP contribution in [0.1, 0.15) is 12.5 Å². The fourth-order valence-electron chi connectivity index (χ4n) is 2.43. The molecule has 0 bridgehead atoms. The number of nitrogens with one attached hydrogen (secondary N) is 1. The van der Waals surface area contributed by atoms with Crippen LogP contribution in [-0.2, 0) is 4.79 Å². The van der Waals surface area contributed by atoms with Crippen LogP contribution in [0.15, 0.2) is 53.7 Å². The van der Waals surface area contributed by atoms with Gasteiger partial charge in [-0.3, -0.25) is 4.79 Å². The van der Waals surface area contributed by atoms with Gasteiger partial charge in [0.25, 0.3) is 0 Å². The van der Waals surface area contributed by atoms with E-state index in [1.807, 2.05) is 62.4 Å². The highest BCUT2D eigenvalue weighted by Crippen LogP contribution is 2.25. The van der Waals surface area contributed by atoms with E-state index in [0.29, 0.717) is 17.6 Å². The minimum Gasteiger partial charge on any atom is -0.494 e. The number of thioether (sulfide) groups is 1. The lowest BCUT2D eigenvalue weighted by molar-refractivity contribution is -0.113. The number of hydrogen-bond donors (Lipinski definition) is 2. The first-order valence-electron chi connectivity index (χ1n) is 8.50. The molecule has 0 fully saturated rings. The maximum Gasteiger partial charge on any atom is 0.234 e. The molecule has 0 aliphatic heterocycles. The Kier molecular flexibility index (Phi) is 5.97. The standard InChI is InChI=1S/C19H21N5O2S/c1-3-26-16-6-4-5-14(11-16)18-22-23-19(24(18)20)27-12-17(25)21-15-9-7-13(2)8-10-15/h4-11H,3,12,20H2,1-2H3,(H,21,25). The van der Waals surface area contributed by atoms with Gasteiger partial charge in [-0.1, -0.05) is 41.6 Å². The van der Waals surface area contributed by atoms with Gasteiger partial charge >= 0.3 is 0 Å². The molecule has 0 saturated heterocycles. The van der Waals surface area contributed by atoms with Crippen LogP contribution in [0.2, 0.25) is 0 Å². The normalized spacial score (nSPS) is 10.6. The van der Waals surface area contributed by atoms with E-state index in [1.54, 1.807) is 0 Å². The van der Waals surface area contributed by atoms with Gasteiger partial charge in [-0.05, 0) is 38.1 Å². The van der Waals surface area contributed by atoms with Gasteiger partial charge in [0.2, 0.25) is 11.1 Å². The number of ether oxygens (including phenoxy) is 1. The quantitative estimate of drug-likeness (QED) is 0.481. The number of anilines is 1. The highest BCUT2D eigenvalue weighted by Gasteiger charge is 2.14. The highest BCUT2D eigenvalue weighted by molar-refractivity contribution is 7.99. The van der Waals surface area contributed by atoms with Gasteiger partial charge in [-0.25, -0.2) is 4.68 Å². The first-order chi connectivity index (χ1) is 13.1. The van der Waals surface area contributed by atoms with Crippen molar-refractivity contribution in [2.45, 2.75) is 19.0 Å². The van der Waals surface area contributed by atoms with Crippen LogP contribution in [0.4, 0.5) is 5.69 Å². The van der Waals surface area contributed by atoms with Gasteiger partial charge in [-0.2, -0.15) is 0 Å². The number of aromatic nitrogens is 3. The summed E-state index contributed by atoms with van der Waals surface area (Å²) in [5.41, 5.74) is 2.69. The third-order valence-electron chi connectivity index (χ3n) is 3.74. The number of rotatable bonds is 7. The van der Waals surface area contributed by atoms with Crippen LogP contribution in [-0.4, -0.2) is 33.1 Å². The molecule has 7 nitrogen and oxygen atoms in total. The van der Waals surface area contributed by atoms with Crippen molar-refractivity contribution in [3.63, 3.8) is 0 Å². The van der Waals surface area contributed by atoms with E-state index in [-0.39, 0.29) is 11.7 Å². The van der Waals surface area contributed by atoms with Crippen molar-refractivity contribution in [2.75, 3.05) is 23.5 Å². The summed E-state index contributed by atoms with van der Waals surface area (Å²) >= 11 is 1.23. The third kappa shape index (κ3) is 4.79. The number of hydrogen-bond acceptors (Lipinski definition) is 6. The van der Waals surface area contributed by atoms with Crippen molar-refractivity contribution in [3.05, 3.63) is 54.1 Å². The number of nitrogens with two attached hydrogens (primary N) is 1. The molecular formula is C19H21N5O2S. The van der Waals surface area contributed by atoms with Gasteiger partial charge in [0.15, 0.2) is 5.82 Å². The number of aryl methyl sites for hydroxylation is 1. The molecule has 0 unspecified atom stereocenters. The van der Waals surface area contributed by atoms with E-state index in [0.717, 1.165) is 22.6 Å². The molecule has 1 amide bonds. The van der Waals surface area contributed by atoms with Crippen LogP contribution in [0.5, 0.6) is 5.75 Å². The third-order valence-corrected chi connectivity index (χ3v) is 4.68. The number of carbonyl (C=O) groups excluding carboxylic acids is 1. The molecule has 1 heterocycles. The van der Waals surface area contributed by atoms with Crippen LogP contribution < -0.4 is 15.9 Å². The second kappa shape index (κ2) is 8.59. The van der Waals surface area contributed by atoms with Gasteiger partial charge in [0, 0.05) is 11.3 Å². The first-order valence-corrected chi connectivity index (χ1v) is 9.48. The summed E-state index contributed by atoms with van der Waals surface area (Å²) in [6.45, 7) is 4.50. The second-order valence-corrected chi connectivity index (χ2v) is 6.78. The highest BCUT2D eigenvalue weighted by atomic mass is 32.2. The second-order valence-electron chi connectivity index (χ2n) is 5.84. The molecule has 27 heavy (non-hydrogen) atoms. The molecule has 8 heteroatoms. The number of benzene rings is 2. The molecule has 3 aromatic rings. The largest absolute Gasteiger partial charge is 0.494 e. The Balaban J connectivity index is 1.64. The molecule has 0 aliphatic carbocycles. The maximum atomic E-state index is 12.1. The summed E-state index contributed by atoms with van der Waals surface area (Å²) < 4.78 is 6.88. The zero-order valence-electron chi connectivity index (χ0n) is 15.2. The summed E-state index contributed by atoms with van der Waals surface area (Å²) in [5.74, 6) is 7.42. The van der Waals surface area contributed by atoms with E-state index in [9.17, 15) is 4.79 Å². The van der Waals surface area contributed by atoms with Crippen LogP contribution in [0, 0.1) is 6.92 Å². The summed E-state index contributed by atoms with van der Waals surface area (Å²) in [5, 5.41) is 11.5. The van der Waals surface area contributed by atoms with Gasteiger partial charge in [-0.15, -0.1) is 10.2 Å². The Morgan fingerprint density at radius 3 is 2.74 bits per heavy atom. The van der Waals surface area contributed by atoms with Crippen molar-refractivity contribution in [1.82, 2.24) is 14.9 Å². The predicted octanol–water partition coefficient (Wildman–Crippen LogP) is 3.10. The topological polar surface area (TPSA) is 95.1 Å². The lowest BCUT2D eigenvalue weighted by Gasteiger charge is -2.07. The zero-order valence-corrected chi connectivity index (χ0v) is 16.0. The average Bonchev–Trinajstić information content (AvgIpc) is 3.03. The van der Waals surface area contributed by atoms with Crippen LogP contribution >= 0.6 is 11.8 Å². The molecule has 0 saturated carbocycles. The van der Waals surface area contributed by atoms with E-state index in [2.05, 4.69) is 15.5 Å². The fraction of sp³-hybridized carbons (Fsp3) is 0.211. The van der Waals surface area contributed by atoms with Crippen molar-refractivity contribution in [1.29, 1.82) is 0 Å². The molecule has 0 atom stereocenters. The fourth-order valence-corrected chi connectivity index (χ4v) is 3.08. The summed E-state index contributed by atoms with van der Waals surface area (Å²) in [6.07, 6.45) is 0. The molecule has 140 valence electrons. The Morgan fingerprint density at radius 1 is 1.22 bits per heavy atom. The van der Waals surface area contributed by atoms with E-state index < -0.39 is 0 Å². The Labute approximate surface area is 161 Å². The van der Waals surface area contributed by atoms with Crippen LogP contribution in [0.3, 0.4) is 0 Å². The van der Waals surface area contributed by atoms with Crippen molar-refractivity contribution < 1.29 is 9.53 Å². The molecule has 0 radical (unpaired) electrons. The SMILES string of the molecule is CCOc1cccc(-c2nnc(SCC(=O)Nc3ccc(C)cc3)n2N)c1. The predicted molar refractivity (Wildman–Crippen MR) is 107 cm³/mol. The average molecular weight is 383 g/mol. The van der Waals surface area contributed by atoms with E-state index in [1.165, 1.54) is 16.4 Å². The molecule has 2 aromatic carbocycles. The summed E-state index contributed by atoms with van der Waals surface area (Å²) in [7, 11) is 0. The molecule has 0 aliphatic rings. The Morgan fingerprint density at radius 2 is 2.00 bits per heavy atom. The molecule has 3 N–H and O–H groups in total. The summed E-state index contributed by atoms with van der Waals surface area (Å²) in [6, 6.07) is 15.1. The molecule has 3 rings (SSSR count). The minimum atomic E-state index is -0.133. The minimum absolute atomic E-state index is 0.133. The van der Waals surface area contributed by atoms with Gasteiger partial charge in [0.05, 0.1) is 12.4 Å². The Bertz CT molecular complexity index is 924. The molecule has 0 spiro atoms. The van der Waals surface area contributed by atoms with Crippen LogP contribution in [0.25, 0.3) is 11.4 Å². The number of nitrogens with zero attached hydrogens (tertiary/aromatic N) is 3. The number of amides is 1. The van der Waals surface area contributed by atoms with Gasteiger partial charge < -0.3 is 15.9 Å². The van der Waals surface area contributed by atoms with Crippen molar-refractivity contribution in [3.8, 4) is 17.1 Å². The van der Waals surface area contributed by atoms with E-state index in [4.69, 9.17) is 10.6 Å². The number of nitrogen functional groups attached to an aromatic ring is 1. The lowest BCUT2D eigenvalue weighted by Crippen LogP contribution is -2.16. The van der Waals surface area contributed by atoms with Gasteiger partial charge in [0.1, 0.15) is 5.75 Å². The smallest absolute Gasteiger partial charge is 0.234 e. The first kappa shape index (κ1) is 18.8. The van der Waals surface area contributed by atoms with E-state index >= 15 is 0 Å². The maximum absolute atomic E-state index is 12.1.